The second kappa shape index (κ2) is 6.30. The van der Waals surface area contributed by atoms with Crippen molar-refractivity contribution < 1.29 is 14.7 Å². The second-order valence-corrected chi connectivity index (χ2v) is 5.12. The number of phenols is 1. The van der Waals surface area contributed by atoms with E-state index in [-0.39, 0.29) is 23.1 Å². The van der Waals surface area contributed by atoms with Crippen molar-refractivity contribution in [1.29, 1.82) is 0 Å². The lowest BCUT2D eigenvalue weighted by Crippen LogP contribution is -2.13. The minimum Gasteiger partial charge on any atom is -0.507 e. The minimum absolute atomic E-state index is 0.00707. The lowest BCUT2D eigenvalue weighted by molar-refractivity contribution is -0.114. The summed E-state index contributed by atoms with van der Waals surface area (Å²) >= 11 is 0. The van der Waals surface area contributed by atoms with E-state index < -0.39 is 0 Å². The number of amides is 2. The highest BCUT2D eigenvalue weighted by molar-refractivity contribution is 6.06. The number of hydrogen-bond donors (Lipinski definition) is 3. The van der Waals surface area contributed by atoms with Crippen LogP contribution in [0.4, 0.5) is 11.4 Å². The van der Waals surface area contributed by atoms with Crippen molar-refractivity contribution in [3.63, 3.8) is 0 Å². The van der Waals surface area contributed by atoms with Crippen LogP contribution in [0.25, 0.3) is 0 Å². The first-order valence-electron chi connectivity index (χ1n) is 6.86. The Hall–Kier alpha value is -2.82. The lowest BCUT2D eigenvalue weighted by Gasteiger charge is -2.11. The zero-order valence-corrected chi connectivity index (χ0v) is 12.7. The van der Waals surface area contributed by atoms with Gasteiger partial charge in [-0.1, -0.05) is 6.07 Å². The quantitative estimate of drug-likeness (QED) is 0.814. The molecule has 0 aromatic heterocycles. The molecule has 0 spiro atoms. The van der Waals surface area contributed by atoms with Crippen molar-refractivity contribution in [2.45, 2.75) is 20.8 Å². The van der Waals surface area contributed by atoms with Gasteiger partial charge in [0.25, 0.3) is 5.91 Å². The molecule has 0 aliphatic heterocycles. The van der Waals surface area contributed by atoms with Crippen molar-refractivity contribution >= 4 is 23.2 Å². The van der Waals surface area contributed by atoms with Gasteiger partial charge in [-0.3, -0.25) is 9.59 Å². The maximum atomic E-state index is 12.2. The zero-order chi connectivity index (χ0) is 16.3. The molecule has 2 aromatic carbocycles. The largest absolute Gasteiger partial charge is 0.507 e. The highest BCUT2D eigenvalue weighted by Gasteiger charge is 2.14. The zero-order valence-electron chi connectivity index (χ0n) is 12.7. The fraction of sp³-hybridized carbons (Fsp3) is 0.176. The van der Waals surface area contributed by atoms with E-state index in [0.29, 0.717) is 16.9 Å². The fourth-order valence-electron chi connectivity index (χ4n) is 2.02. The summed E-state index contributed by atoms with van der Waals surface area (Å²) in [6.07, 6.45) is 0. The van der Waals surface area contributed by atoms with Gasteiger partial charge in [-0.2, -0.15) is 0 Å². The number of rotatable bonds is 3. The van der Waals surface area contributed by atoms with Crippen LogP contribution in [0.5, 0.6) is 5.75 Å². The topological polar surface area (TPSA) is 78.4 Å². The molecule has 0 unspecified atom stereocenters. The summed E-state index contributed by atoms with van der Waals surface area (Å²) < 4.78 is 0. The Morgan fingerprint density at radius 2 is 1.45 bits per heavy atom. The number of anilines is 2. The summed E-state index contributed by atoms with van der Waals surface area (Å²) in [6.45, 7) is 5.07. The highest BCUT2D eigenvalue weighted by Crippen LogP contribution is 2.25. The number of carbonyl (C=O) groups excluding carboxylic acids is 2. The predicted molar refractivity (Wildman–Crippen MR) is 86.3 cm³/mol. The van der Waals surface area contributed by atoms with Gasteiger partial charge in [-0.05, 0) is 55.3 Å². The average Bonchev–Trinajstić information content (AvgIpc) is 2.46. The number of nitrogens with one attached hydrogen (secondary N) is 2. The normalized spacial score (nSPS) is 10.1. The third-order valence-electron chi connectivity index (χ3n) is 3.41. The van der Waals surface area contributed by atoms with Crippen LogP contribution in [-0.4, -0.2) is 16.9 Å². The Labute approximate surface area is 129 Å². The van der Waals surface area contributed by atoms with Crippen molar-refractivity contribution in [1.82, 2.24) is 0 Å². The molecule has 0 aliphatic rings. The maximum Gasteiger partial charge on any atom is 0.259 e. The standard InChI is InChI=1S/C17H18N2O3/c1-10-4-9-15(16(21)11(10)2)17(22)19-14-7-5-13(6-8-14)18-12(3)20/h4-9,21H,1-3H3,(H,18,20)(H,19,22). The van der Waals surface area contributed by atoms with Crippen LogP contribution in [0.15, 0.2) is 36.4 Å². The molecule has 0 saturated heterocycles. The van der Waals surface area contributed by atoms with E-state index in [2.05, 4.69) is 10.6 Å². The van der Waals surface area contributed by atoms with Crippen molar-refractivity contribution in [2.24, 2.45) is 0 Å². The Morgan fingerprint density at radius 1 is 0.909 bits per heavy atom. The summed E-state index contributed by atoms with van der Waals surface area (Å²) in [4.78, 5) is 23.2. The summed E-state index contributed by atoms with van der Waals surface area (Å²) in [5.74, 6) is -0.544. The Bertz CT molecular complexity index is 721. The number of aromatic hydroxyl groups is 1. The van der Waals surface area contributed by atoms with Crippen LogP contribution in [-0.2, 0) is 4.79 Å². The van der Waals surface area contributed by atoms with Gasteiger partial charge < -0.3 is 15.7 Å². The average molecular weight is 298 g/mol. The molecule has 114 valence electrons. The Morgan fingerprint density at radius 3 is 2.00 bits per heavy atom. The maximum absolute atomic E-state index is 12.2. The van der Waals surface area contributed by atoms with Crippen LogP contribution in [0.3, 0.4) is 0 Å². The SMILES string of the molecule is CC(=O)Nc1ccc(NC(=O)c2ccc(C)c(C)c2O)cc1. The van der Waals surface area contributed by atoms with Gasteiger partial charge >= 0.3 is 0 Å². The van der Waals surface area contributed by atoms with E-state index in [1.54, 1.807) is 43.3 Å². The summed E-state index contributed by atoms with van der Waals surface area (Å²) in [7, 11) is 0. The monoisotopic (exact) mass is 298 g/mol. The lowest BCUT2D eigenvalue weighted by atomic mass is 10.0. The Balaban J connectivity index is 2.15. The van der Waals surface area contributed by atoms with Crippen molar-refractivity contribution in [3.05, 3.63) is 53.1 Å². The molecular weight excluding hydrogens is 280 g/mol. The predicted octanol–water partition coefficient (Wildman–Crippen LogP) is 3.22. The highest BCUT2D eigenvalue weighted by atomic mass is 16.3. The molecule has 2 aromatic rings. The number of benzene rings is 2. The molecular formula is C17H18N2O3. The van der Waals surface area contributed by atoms with Gasteiger partial charge in [0.1, 0.15) is 5.75 Å². The van der Waals surface area contributed by atoms with E-state index in [0.717, 1.165) is 5.56 Å². The minimum atomic E-state index is -0.382. The molecule has 0 fully saturated rings. The first-order valence-corrected chi connectivity index (χ1v) is 6.86. The van der Waals surface area contributed by atoms with E-state index in [1.165, 1.54) is 6.92 Å². The molecule has 2 amide bonds. The first-order chi connectivity index (χ1) is 10.4. The molecule has 5 heteroatoms. The van der Waals surface area contributed by atoms with Crippen LogP contribution in [0.1, 0.15) is 28.4 Å². The number of aryl methyl sites for hydroxylation is 1. The third-order valence-corrected chi connectivity index (χ3v) is 3.41. The molecule has 0 saturated carbocycles. The van der Waals surface area contributed by atoms with Gasteiger partial charge in [0.05, 0.1) is 5.56 Å². The van der Waals surface area contributed by atoms with E-state index in [4.69, 9.17) is 0 Å². The summed E-state index contributed by atoms with van der Waals surface area (Å²) in [5.41, 5.74) is 3.08. The van der Waals surface area contributed by atoms with Gasteiger partial charge in [0.15, 0.2) is 0 Å². The third kappa shape index (κ3) is 3.44. The van der Waals surface area contributed by atoms with Crippen LogP contribution in [0.2, 0.25) is 0 Å². The van der Waals surface area contributed by atoms with E-state index in [9.17, 15) is 14.7 Å². The van der Waals surface area contributed by atoms with Crippen LogP contribution >= 0.6 is 0 Å². The second-order valence-electron chi connectivity index (χ2n) is 5.12. The Kier molecular flexibility index (Phi) is 4.46. The molecule has 0 aliphatic carbocycles. The molecule has 5 nitrogen and oxygen atoms in total. The van der Waals surface area contributed by atoms with Crippen LogP contribution in [0, 0.1) is 13.8 Å². The molecule has 0 radical (unpaired) electrons. The first kappa shape index (κ1) is 15.6. The summed E-state index contributed by atoms with van der Waals surface area (Å²) in [5, 5.41) is 15.4. The van der Waals surface area contributed by atoms with Gasteiger partial charge in [0.2, 0.25) is 5.91 Å². The number of hydrogen-bond acceptors (Lipinski definition) is 3. The van der Waals surface area contributed by atoms with E-state index in [1.807, 2.05) is 6.92 Å². The van der Waals surface area contributed by atoms with Crippen molar-refractivity contribution in [3.8, 4) is 5.75 Å². The smallest absolute Gasteiger partial charge is 0.259 e. The molecule has 0 heterocycles. The molecule has 0 bridgehead atoms. The number of phenolic OH excluding ortho intramolecular Hbond substituents is 1. The fourth-order valence-corrected chi connectivity index (χ4v) is 2.02. The van der Waals surface area contributed by atoms with Gasteiger partial charge in [-0.15, -0.1) is 0 Å². The molecule has 22 heavy (non-hydrogen) atoms. The molecule has 0 atom stereocenters. The van der Waals surface area contributed by atoms with E-state index >= 15 is 0 Å². The molecule has 2 rings (SSSR count). The summed E-state index contributed by atoms with van der Waals surface area (Å²) in [6, 6.07) is 10.1. The molecule has 3 N–H and O–H groups in total. The van der Waals surface area contributed by atoms with Crippen molar-refractivity contribution in [2.75, 3.05) is 10.6 Å². The number of carbonyl (C=O) groups is 2. The van der Waals surface area contributed by atoms with Crippen LogP contribution < -0.4 is 10.6 Å². The van der Waals surface area contributed by atoms with Gasteiger partial charge in [-0.25, -0.2) is 0 Å². The van der Waals surface area contributed by atoms with Gasteiger partial charge in [0, 0.05) is 18.3 Å².